The van der Waals surface area contributed by atoms with Gasteiger partial charge in [-0.05, 0) is 86.3 Å². The lowest BCUT2D eigenvalue weighted by molar-refractivity contribution is -0.104. The fourth-order valence-corrected chi connectivity index (χ4v) is 6.94. The molecule has 0 amide bonds. The molecule has 0 heterocycles. The Morgan fingerprint density at radius 1 is 0.706 bits per heavy atom. The molecular weight excluding hydrogens is 473 g/mol. The summed E-state index contributed by atoms with van der Waals surface area (Å²) < 4.78 is 20.8. The molecule has 0 aliphatic rings. The summed E-state index contributed by atoms with van der Waals surface area (Å²) in [5.74, 6) is 0. The number of aldehydes is 1. The minimum Gasteiger partial charge on any atom is -0.414 e. The first-order valence-corrected chi connectivity index (χ1v) is 21.7. The van der Waals surface area contributed by atoms with Crippen molar-refractivity contribution in [3.63, 3.8) is 0 Å². The van der Waals surface area contributed by atoms with E-state index in [0.29, 0.717) is 5.57 Å². The predicted octanol–water partition coefficient (Wildman–Crippen LogP) is 8.71. The van der Waals surface area contributed by atoms with Crippen LogP contribution in [0.4, 0.5) is 0 Å². The zero-order valence-corrected chi connectivity index (χ0v) is 28.7. The quantitative estimate of drug-likeness (QED) is 0.152. The van der Waals surface area contributed by atoms with E-state index in [-0.39, 0.29) is 33.4 Å². The van der Waals surface area contributed by atoms with Crippen LogP contribution in [0.2, 0.25) is 54.4 Å². The van der Waals surface area contributed by atoms with E-state index in [2.05, 4.69) is 109 Å². The average molecular weight is 531 g/mol. The van der Waals surface area contributed by atoms with E-state index in [1.54, 1.807) is 0 Å². The van der Waals surface area contributed by atoms with E-state index < -0.39 is 25.0 Å². The van der Waals surface area contributed by atoms with Gasteiger partial charge in [0.1, 0.15) is 6.29 Å². The van der Waals surface area contributed by atoms with Crippen molar-refractivity contribution in [1.82, 2.24) is 0 Å². The number of carbonyl (C=O) groups excluding carboxylic acids is 1. The zero-order chi connectivity index (χ0) is 27.6. The van der Waals surface area contributed by atoms with Crippen molar-refractivity contribution < 1.29 is 18.1 Å². The van der Waals surface area contributed by atoms with E-state index in [1.807, 2.05) is 13.0 Å². The van der Waals surface area contributed by atoms with E-state index >= 15 is 0 Å². The fourth-order valence-electron chi connectivity index (χ4n) is 2.89. The van der Waals surface area contributed by atoms with Crippen molar-refractivity contribution in [2.24, 2.45) is 0 Å². The first kappa shape index (κ1) is 33.9. The molecule has 0 unspecified atom stereocenters. The largest absolute Gasteiger partial charge is 0.414 e. The second-order valence-electron chi connectivity index (χ2n) is 14.7. The standard InChI is InChI=1S/C27H58O4Si3/c1-21(20-28)18-23(30-33(14,15)26(6,7)8)24(31-34(16,17)27(9,10)11)19-22(2)29-32(12,13)25(3,4)5/h18,20,22-24H,19H2,1-17H3/b21-18+/t22-,23-,24-/m1/s1. The van der Waals surface area contributed by atoms with Crippen LogP contribution in [0.25, 0.3) is 0 Å². The van der Waals surface area contributed by atoms with Gasteiger partial charge in [-0.25, -0.2) is 0 Å². The molecule has 0 fully saturated rings. The Balaban J connectivity index is 6.41. The van der Waals surface area contributed by atoms with Crippen LogP contribution in [0.5, 0.6) is 0 Å². The van der Waals surface area contributed by atoms with Crippen LogP contribution in [0.1, 0.15) is 82.6 Å². The van der Waals surface area contributed by atoms with Gasteiger partial charge < -0.3 is 13.3 Å². The van der Waals surface area contributed by atoms with E-state index in [0.717, 1.165) is 12.7 Å². The van der Waals surface area contributed by atoms with E-state index in [1.165, 1.54) is 0 Å². The van der Waals surface area contributed by atoms with Gasteiger partial charge in [0.25, 0.3) is 0 Å². The van der Waals surface area contributed by atoms with Crippen LogP contribution in [0.15, 0.2) is 11.6 Å². The molecule has 0 aromatic rings. The van der Waals surface area contributed by atoms with Gasteiger partial charge >= 0.3 is 0 Å². The second-order valence-corrected chi connectivity index (χ2v) is 29.0. The maximum absolute atomic E-state index is 11.6. The predicted molar refractivity (Wildman–Crippen MR) is 156 cm³/mol. The summed E-state index contributed by atoms with van der Waals surface area (Å²) >= 11 is 0. The molecule has 0 saturated heterocycles. The highest BCUT2D eigenvalue weighted by Crippen LogP contribution is 2.42. The highest BCUT2D eigenvalue weighted by atomic mass is 28.4. The summed E-state index contributed by atoms with van der Waals surface area (Å²) in [6, 6.07) is 0. The molecule has 0 spiro atoms. The first-order chi connectivity index (χ1) is 14.8. The molecule has 7 heteroatoms. The summed E-state index contributed by atoms with van der Waals surface area (Å²) in [6.07, 6.45) is 3.22. The monoisotopic (exact) mass is 530 g/mol. The van der Waals surface area contributed by atoms with Crippen molar-refractivity contribution >= 4 is 31.2 Å². The SMILES string of the molecule is C/C(C=O)=C\[C@@H](O[Si](C)(C)C(C)(C)C)[C@@H](C[C@@H](C)O[Si](C)(C)C(C)(C)C)O[Si](C)(C)C(C)(C)C. The third kappa shape index (κ3) is 9.77. The van der Waals surface area contributed by atoms with Gasteiger partial charge in [-0.2, -0.15) is 0 Å². The van der Waals surface area contributed by atoms with Gasteiger partial charge in [0, 0.05) is 6.10 Å². The lowest BCUT2D eigenvalue weighted by Crippen LogP contribution is -2.53. The van der Waals surface area contributed by atoms with Crippen LogP contribution >= 0.6 is 0 Å². The Hall–Kier alpha value is -0.0594. The van der Waals surface area contributed by atoms with Gasteiger partial charge in [0.15, 0.2) is 25.0 Å². The molecule has 0 aliphatic carbocycles. The molecule has 0 radical (unpaired) electrons. The van der Waals surface area contributed by atoms with Gasteiger partial charge in [-0.15, -0.1) is 0 Å². The lowest BCUT2D eigenvalue weighted by atomic mass is 10.1. The van der Waals surface area contributed by atoms with E-state index in [4.69, 9.17) is 13.3 Å². The Labute approximate surface area is 216 Å². The molecule has 202 valence electrons. The maximum Gasteiger partial charge on any atom is 0.193 e. The number of hydrogen-bond donors (Lipinski definition) is 0. The first-order valence-electron chi connectivity index (χ1n) is 12.9. The Kier molecular flexibility index (Phi) is 11.5. The molecule has 3 atom stereocenters. The summed E-state index contributed by atoms with van der Waals surface area (Å²) in [7, 11) is -6.15. The molecule has 4 nitrogen and oxygen atoms in total. The van der Waals surface area contributed by atoms with E-state index in [9.17, 15) is 4.79 Å². The molecule has 0 saturated carbocycles. The van der Waals surface area contributed by atoms with Crippen LogP contribution < -0.4 is 0 Å². The number of carbonyl (C=O) groups is 1. The fraction of sp³-hybridized carbons (Fsp3) is 0.889. The van der Waals surface area contributed by atoms with Crippen molar-refractivity contribution in [1.29, 1.82) is 0 Å². The Morgan fingerprint density at radius 2 is 1.06 bits per heavy atom. The number of allylic oxidation sites excluding steroid dienone is 1. The maximum atomic E-state index is 11.6. The van der Waals surface area contributed by atoms with Crippen LogP contribution in [0.3, 0.4) is 0 Å². The summed E-state index contributed by atoms with van der Waals surface area (Å²) in [5.41, 5.74) is 0.686. The van der Waals surface area contributed by atoms with Crippen molar-refractivity contribution in [2.45, 2.75) is 155 Å². The summed E-state index contributed by atoms with van der Waals surface area (Å²) in [6.45, 7) is 38.1. The topological polar surface area (TPSA) is 44.8 Å². The Morgan fingerprint density at radius 3 is 1.41 bits per heavy atom. The lowest BCUT2D eigenvalue weighted by Gasteiger charge is -2.46. The normalized spacial score (nSPS) is 18.0. The second kappa shape index (κ2) is 11.6. The van der Waals surface area contributed by atoms with Crippen molar-refractivity contribution in [2.75, 3.05) is 0 Å². The Bertz CT molecular complexity index is 692. The molecule has 34 heavy (non-hydrogen) atoms. The third-order valence-electron chi connectivity index (χ3n) is 8.33. The molecule has 0 aliphatic heterocycles. The number of hydrogen-bond acceptors (Lipinski definition) is 4. The minimum absolute atomic E-state index is 0.0334. The average Bonchev–Trinajstić information content (AvgIpc) is 2.56. The summed E-state index contributed by atoms with van der Waals surface area (Å²) in [4.78, 5) is 11.6. The zero-order valence-electron chi connectivity index (χ0n) is 25.7. The molecular formula is C27H58O4Si3. The molecule has 0 aromatic heterocycles. The van der Waals surface area contributed by atoms with Gasteiger partial charge in [0.2, 0.25) is 0 Å². The minimum atomic E-state index is -2.12. The molecule has 0 aromatic carbocycles. The van der Waals surface area contributed by atoms with Crippen molar-refractivity contribution in [3.8, 4) is 0 Å². The van der Waals surface area contributed by atoms with Crippen LogP contribution in [0, 0.1) is 0 Å². The molecule has 0 N–H and O–H groups in total. The van der Waals surface area contributed by atoms with Crippen LogP contribution in [-0.2, 0) is 18.1 Å². The van der Waals surface area contributed by atoms with Gasteiger partial charge in [0.05, 0.1) is 12.2 Å². The number of rotatable bonds is 11. The smallest absolute Gasteiger partial charge is 0.193 e. The molecule has 0 bridgehead atoms. The summed E-state index contributed by atoms with van der Waals surface area (Å²) in [5, 5.41) is 0.265. The third-order valence-corrected chi connectivity index (χ3v) is 21.9. The van der Waals surface area contributed by atoms with Crippen LogP contribution in [-0.4, -0.2) is 49.6 Å². The van der Waals surface area contributed by atoms with Gasteiger partial charge in [-0.3, -0.25) is 4.79 Å². The molecule has 0 rings (SSSR count). The van der Waals surface area contributed by atoms with Gasteiger partial charge in [-0.1, -0.05) is 62.3 Å². The van der Waals surface area contributed by atoms with Crippen molar-refractivity contribution in [3.05, 3.63) is 11.6 Å². The highest BCUT2D eigenvalue weighted by Gasteiger charge is 2.45. The highest BCUT2D eigenvalue weighted by molar-refractivity contribution is 6.75.